The van der Waals surface area contributed by atoms with Crippen LogP contribution in [-0.4, -0.2) is 107 Å². The first-order valence-electron chi connectivity index (χ1n) is 23.3. The van der Waals surface area contributed by atoms with Gasteiger partial charge in [-0.15, -0.1) is 11.6 Å². The van der Waals surface area contributed by atoms with Gasteiger partial charge in [-0.2, -0.15) is 18.3 Å². The van der Waals surface area contributed by atoms with Crippen molar-refractivity contribution in [3.63, 3.8) is 0 Å². The Balaban J connectivity index is 0.000000229. The Morgan fingerprint density at radius 1 is 0.962 bits per heavy atom. The van der Waals surface area contributed by atoms with Gasteiger partial charge in [-0.3, -0.25) is 44.2 Å². The maximum absolute atomic E-state index is 12.6. The van der Waals surface area contributed by atoms with Crippen LogP contribution in [0.2, 0.25) is 10.0 Å². The number of methoxy groups -OCH3 is 1. The molecule has 0 radical (unpaired) electrons. The molecule has 1 aromatic heterocycles. The Hall–Kier alpha value is -6.41. The topological polar surface area (TPSA) is 275 Å². The van der Waals surface area contributed by atoms with Crippen LogP contribution in [-0.2, 0) is 46.3 Å². The van der Waals surface area contributed by atoms with Crippen LogP contribution in [0.3, 0.4) is 0 Å². The van der Waals surface area contributed by atoms with E-state index in [0.29, 0.717) is 37.5 Å². The third kappa shape index (κ3) is 16.1. The van der Waals surface area contributed by atoms with Gasteiger partial charge >= 0.3 is 11.9 Å². The van der Waals surface area contributed by atoms with E-state index in [9.17, 15) is 65.8 Å². The summed E-state index contributed by atoms with van der Waals surface area (Å²) in [6.45, 7) is 8.90. The van der Waals surface area contributed by atoms with Crippen molar-refractivity contribution >= 4 is 126 Å². The second-order valence-electron chi connectivity index (χ2n) is 17.4. The van der Waals surface area contributed by atoms with Crippen LogP contribution in [0.1, 0.15) is 67.1 Å². The maximum Gasteiger partial charge on any atom is 0.416 e. The fraction of sp³-hybridized carbons (Fsp3) is 0.360. The second-order valence-corrected chi connectivity index (χ2v) is 21.6. The first-order chi connectivity index (χ1) is 36.9. The van der Waals surface area contributed by atoms with E-state index in [1.54, 1.807) is 16.9 Å². The van der Waals surface area contributed by atoms with Crippen molar-refractivity contribution in [3.05, 3.63) is 132 Å². The van der Waals surface area contributed by atoms with Gasteiger partial charge in [0.25, 0.3) is 11.6 Å². The number of ketones is 3. The molecule has 5 aromatic rings. The average Bonchev–Trinajstić information content (AvgIpc) is 3.84. The molecule has 1 fully saturated rings. The van der Waals surface area contributed by atoms with Crippen molar-refractivity contribution in [1.29, 1.82) is 0 Å². The lowest BCUT2D eigenvalue weighted by Crippen LogP contribution is -2.47. The number of rotatable bonds is 13. The molecule has 4 aromatic carbocycles. The number of nitro groups is 2. The lowest BCUT2D eigenvalue weighted by molar-refractivity contribution is -0.385. The first-order valence-corrected chi connectivity index (χ1v) is 27.4. The van der Waals surface area contributed by atoms with Gasteiger partial charge in [0, 0.05) is 32.3 Å². The second kappa shape index (κ2) is 28.1. The highest BCUT2D eigenvalue weighted by molar-refractivity contribution is 7.90. The van der Waals surface area contributed by atoms with Crippen LogP contribution in [0.25, 0.3) is 5.69 Å². The van der Waals surface area contributed by atoms with E-state index < -0.39 is 82.3 Å². The number of nitrogens with zero attached hydrogens (tertiary/aromatic N) is 6. The number of hydrogen-bond donors (Lipinski definition) is 1. The highest BCUT2D eigenvalue weighted by atomic mass is 35.5. The largest absolute Gasteiger partial charge is 0.489 e. The molecule has 2 aliphatic rings. The number of sulfone groups is 1. The number of nitro benzene ring substituents is 1. The van der Waals surface area contributed by atoms with Crippen LogP contribution in [0.5, 0.6) is 5.75 Å². The molecule has 2 atom stereocenters. The van der Waals surface area contributed by atoms with Crippen LogP contribution in [0.4, 0.5) is 41.7 Å². The third-order valence-corrected chi connectivity index (χ3v) is 14.1. The molecule has 1 saturated carbocycles. The molecule has 7 rings (SSSR count). The van der Waals surface area contributed by atoms with Crippen LogP contribution >= 0.6 is 58.0 Å². The third-order valence-electron chi connectivity index (χ3n) is 11.8. The number of nitrogens with two attached hydrogens (primary N) is 1. The number of para-hydroxylation sites is 3. The zero-order valence-corrected chi connectivity index (χ0v) is 47.4. The van der Waals surface area contributed by atoms with Crippen LogP contribution in [0, 0.1) is 33.1 Å². The highest BCUT2D eigenvalue weighted by Crippen LogP contribution is 2.40. The minimum Gasteiger partial charge on any atom is -0.489 e. The van der Waals surface area contributed by atoms with Crippen LogP contribution in [0.15, 0.2) is 83.9 Å². The monoisotopic (exact) mass is 1220 g/mol. The lowest BCUT2D eigenvalue weighted by Gasteiger charge is -2.35. The van der Waals surface area contributed by atoms with Crippen molar-refractivity contribution in [3.8, 4) is 11.4 Å². The van der Waals surface area contributed by atoms with Gasteiger partial charge in [0.1, 0.15) is 36.0 Å². The predicted molar refractivity (Wildman–Crippen MR) is 292 cm³/mol. The fourth-order valence-electron chi connectivity index (χ4n) is 8.12. The molecule has 0 spiro atoms. The van der Waals surface area contributed by atoms with Gasteiger partial charge in [-0.25, -0.2) is 13.1 Å². The Labute approximate surface area is 476 Å². The van der Waals surface area contributed by atoms with E-state index in [4.69, 9.17) is 73.2 Å². The molecule has 0 bridgehead atoms. The van der Waals surface area contributed by atoms with Crippen molar-refractivity contribution in [2.75, 3.05) is 48.0 Å². The summed E-state index contributed by atoms with van der Waals surface area (Å²) in [7, 11) is -2.06. The molecule has 1 aliphatic carbocycles. The number of benzene rings is 4. The lowest BCUT2D eigenvalue weighted by atomic mass is 9.81. The number of carbonyl (C=O) groups excluding carboxylic acids is 5. The Bertz CT molecular complexity index is 3200. The number of carbonyl (C=O) groups is 5. The molecule has 2 heterocycles. The summed E-state index contributed by atoms with van der Waals surface area (Å²) >= 11 is 28.5. The molecular weight excluding hydrogens is 1170 g/mol. The Kier molecular flexibility index (Phi) is 23.2. The average molecular weight is 1220 g/mol. The molecule has 20 nitrogen and oxygen atoms in total. The molecule has 2 amide bonds. The summed E-state index contributed by atoms with van der Waals surface area (Å²) in [4.78, 5) is 82.2. The minimum atomic E-state index is -4.63. The number of alkyl halides is 6. The van der Waals surface area contributed by atoms with Crippen molar-refractivity contribution in [1.82, 2.24) is 9.78 Å². The fourth-order valence-corrected chi connectivity index (χ4v) is 9.74. The smallest absolute Gasteiger partial charge is 0.416 e. The highest BCUT2D eigenvalue weighted by Gasteiger charge is 2.40. The molecular formula is C50H51Cl5F3N7O13S. The summed E-state index contributed by atoms with van der Waals surface area (Å²) < 4.78 is 72.3. The van der Waals surface area contributed by atoms with E-state index >= 15 is 0 Å². The van der Waals surface area contributed by atoms with Crippen molar-refractivity contribution in [2.24, 2.45) is 5.92 Å². The zero-order chi connectivity index (χ0) is 59.4. The number of Topliss-reactive ketones (excluding diaryl/α,β-unsaturated/α-hetero) is 3. The Morgan fingerprint density at radius 2 is 1.56 bits per heavy atom. The molecule has 2 N–H and O–H groups in total. The predicted octanol–water partition coefficient (Wildman–Crippen LogP) is 10.6. The van der Waals surface area contributed by atoms with Gasteiger partial charge in [0.05, 0.1) is 66.0 Å². The summed E-state index contributed by atoms with van der Waals surface area (Å²) in [5, 5.41) is 24.7. The zero-order valence-electron chi connectivity index (χ0n) is 42.8. The van der Waals surface area contributed by atoms with Crippen molar-refractivity contribution in [2.45, 2.75) is 81.4 Å². The molecule has 426 valence electrons. The van der Waals surface area contributed by atoms with Gasteiger partial charge in [0.2, 0.25) is 11.7 Å². The number of anilines is 3. The van der Waals surface area contributed by atoms with E-state index in [-0.39, 0.29) is 63.2 Å². The quantitative estimate of drug-likeness (QED) is 0.0377. The maximum atomic E-state index is 12.6. The number of halogens is 8. The number of aryl methyl sites for hydroxylation is 2. The number of nitrogen functional groups attached to an aromatic ring is 1. The number of fused-ring (bicyclic) bond motifs is 1. The van der Waals surface area contributed by atoms with Gasteiger partial charge in [0.15, 0.2) is 32.0 Å². The minimum absolute atomic E-state index is 0.0223. The summed E-state index contributed by atoms with van der Waals surface area (Å²) in [6.07, 6.45) is -1.54. The normalized spacial score (nSPS) is 14.7. The molecule has 79 heavy (non-hydrogen) atoms. The van der Waals surface area contributed by atoms with Crippen molar-refractivity contribution < 1.29 is 64.9 Å². The van der Waals surface area contributed by atoms with E-state index in [2.05, 4.69) is 18.1 Å². The number of hydrogen-bond acceptors (Lipinski definition) is 15. The summed E-state index contributed by atoms with van der Waals surface area (Å²) in [6, 6.07) is 17.4. The van der Waals surface area contributed by atoms with Gasteiger partial charge in [-0.05, 0) is 81.1 Å². The van der Waals surface area contributed by atoms with Gasteiger partial charge in [-0.1, -0.05) is 83.7 Å². The van der Waals surface area contributed by atoms with Gasteiger partial charge < -0.3 is 25.0 Å². The van der Waals surface area contributed by atoms with Crippen LogP contribution < -0.4 is 20.3 Å². The number of aromatic nitrogens is 2. The summed E-state index contributed by atoms with van der Waals surface area (Å²) in [5.41, 5.74) is 6.55. The number of amides is 2. The SMILES string of the molecule is CC1COc2ccccc2N1C(=O)C(Cl)Cl.CCc1cccc(C)c1N(C(=O)CCl)C(C)COC.CS(=O)(=O)c1ccc(C(=O)C2C(=O)CCCC2=O)c([N+](=O)[O-])c1.Nc1c([N+](=O)[O-])cnn1-c1c(Cl)cc(C(F)(F)F)cc1Cl. The van der Waals surface area contributed by atoms with E-state index in [1.807, 2.05) is 57.2 Å². The molecule has 0 saturated heterocycles. The number of ether oxygens (including phenoxy) is 2. The first kappa shape index (κ1) is 65.1. The van der Waals surface area contributed by atoms with E-state index in [0.717, 1.165) is 64.3 Å². The molecule has 29 heteroatoms. The Morgan fingerprint density at radius 3 is 2.06 bits per heavy atom. The summed E-state index contributed by atoms with van der Waals surface area (Å²) in [5.74, 6) is -3.75. The molecule has 1 aliphatic heterocycles. The standard InChI is InChI=1S/C15H22ClNO2.C14H13NO7S.C11H11Cl2NO2.C10H5Cl2F3N4O2/c1-5-13-8-6-7-11(2)15(13)17(14(18)9-16)12(3)10-19-4;1-23(21,22)8-5-6-9(10(7-8)15(19)20)14(18)13-11(16)3-2-4-12(13)17;1-7-6-16-9-5-3-2-4-8(9)14(7)11(15)10(12)13;11-5-1-4(10(13,14)15)2-6(12)8(5)18-9(16)7(3-17-18)19(20)21/h6-8,12H,5,9-10H2,1-4H3;5-7,13H,2-4H2,1H3;2-5,7,10H,6H2,1H3;1-3H,16H2. The van der Waals surface area contributed by atoms with E-state index in [1.165, 1.54) is 0 Å². The molecule has 2 unspecified atom stereocenters.